The molecule has 2 aliphatic carbocycles. The second-order valence-corrected chi connectivity index (χ2v) is 9.07. The van der Waals surface area contributed by atoms with E-state index in [-0.39, 0.29) is 35.1 Å². The number of ether oxygens (including phenoxy) is 1. The van der Waals surface area contributed by atoms with Crippen molar-refractivity contribution in [1.82, 2.24) is 4.90 Å². The van der Waals surface area contributed by atoms with Crippen LogP contribution in [0, 0.1) is 17.3 Å². The van der Waals surface area contributed by atoms with Crippen LogP contribution in [0.2, 0.25) is 0 Å². The van der Waals surface area contributed by atoms with Crippen LogP contribution in [0.4, 0.5) is 0 Å². The second-order valence-electron chi connectivity index (χ2n) is 9.07. The molecule has 4 heteroatoms. The van der Waals surface area contributed by atoms with Crippen LogP contribution in [0.15, 0.2) is 47.6 Å². The minimum atomic E-state index is -0.234. The van der Waals surface area contributed by atoms with Crippen LogP contribution in [0.5, 0.6) is 0 Å². The zero-order valence-corrected chi connectivity index (χ0v) is 16.6. The molecule has 28 heavy (non-hydrogen) atoms. The molecule has 2 heterocycles. The first-order chi connectivity index (χ1) is 13.5. The van der Waals surface area contributed by atoms with Crippen LogP contribution in [0.25, 0.3) is 0 Å². The Morgan fingerprint density at radius 2 is 2.00 bits per heavy atom. The zero-order valence-electron chi connectivity index (χ0n) is 16.6. The van der Waals surface area contributed by atoms with E-state index in [0.717, 1.165) is 50.0 Å². The minimum Gasteiger partial charge on any atom is -0.457 e. The third-order valence-corrected chi connectivity index (χ3v) is 7.39. The Balaban J connectivity index is 1.38. The highest BCUT2D eigenvalue weighted by Gasteiger charge is 2.54. The van der Waals surface area contributed by atoms with Crippen molar-refractivity contribution < 1.29 is 14.3 Å². The molecule has 0 spiro atoms. The SMILES string of the molecule is CC1=C2[C@H]3OC(=O)[C@H](CN4CCc5ccccc5C4)[C@@H]3CC[C@]2(C)C=CC1=O. The van der Waals surface area contributed by atoms with Crippen LogP contribution < -0.4 is 0 Å². The summed E-state index contributed by atoms with van der Waals surface area (Å²) >= 11 is 0. The summed E-state index contributed by atoms with van der Waals surface area (Å²) < 4.78 is 5.93. The molecule has 0 N–H and O–H groups in total. The van der Waals surface area contributed by atoms with Crippen molar-refractivity contribution in [3.63, 3.8) is 0 Å². The van der Waals surface area contributed by atoms with Crippen molar-refractivity contribution in [3.05, 3.63) is 58.7 Å². The van der Waals surface area contributed by atoms with Gasteiger partial charge in [-0.3, -0.25) is 14.5 Å². The number of allylic oxidation sites excluding steroid dienone is 3. The Bertz CT molecular complexity index is 914. The van der Waals surface area contributed by atoms with E-state index in [2.05, 4.69) is 36.1 Å². The van der Waals surface area contributed by atoms with Crippen molar-refractivity contribution in [2.45, 2.75) is 45.8 Å². The number of rotatable bonds is 2. The highest BCUT2D eigenvalue weighted by atomic mass is 16.6. The van der Waals surface area contributed by atoms with Gasteiger partial charge in [-0.15, -0.1) is 0 Å². The molecule has 146 valence electrons. The molecule has 2 fully saturated rings. The molecule has 0 amide bonds. The summed E-state index contributed by atoms with van der Waals surface area (Å²) in [6, 6.07) is 8.59. The van der Waals surface area contributed by atoms with Crippen molar-refractivity contribution in [2.75, 3.05) is 13.1 Å². The van der Waals surface area contributed by atoms with E-state index >= 15 is 0 Å². The lowest BCUT2D eigenvalue weighted by Gasteiger charge is -2.43. The van der Waals surface area contributed by atoms with Gasteiger partial charge in [0.2, 0.25) is 0 Å². The maximum absolute atomic E-state index is 12.9. The van der Waals surface area contributed by atoms with E-state index in [9.17, 15) is 9.59 Å². The fourth-order valence-electron chi connectivity index (χ4n) is 5.77. The summed E-state index contributed by atoms with van der Waals surface area (Å²) in [5.41, 5.74) is 4.47. The predicted molar refractivity (Wildman–Crippen MR) is 106 cm³/mol. The molecule has 0 radical (unpaired) electrons. The van der Waals surface area contributed by atoms with Gasteiger partial charge < -0.3 is 4.74 Å². The second kappa shape index (κ2) is 6.41. The molecule has 4 aliphatic rings. The fourth-order valence-corrected chi connectivity index (χ4v) is 5.77. The van der Waals surface area contributed by atoms with Crippen LogP contribution >= 0.6 is 0 Å². The Kier molecular flexibility index (Phi) is 4.09. The molecule has 1 saturated heterocycles. The average molecular weight is 377 g/mol. The molecule has 1 aromatic carbocycles. The molecule has 0 aromatic heterocycles. The van der Waals surface area contributed by atoms with Gasteiger partial charge in [-0.05, 0) is 49.0 Å². The van der Waals surface area contributed by atoms with Gasteiger partial charge in [0, 0.05) is 36.5 Å². The summed E-state index contributed by atoms with van der Waals surface area (Å²) in [6.45, 7) is 6.70. The molecule has 4 atom stereocenters. The Morgan fingerprint density at radius 3 is 2.82 bits per heavy atom. The summed E-state index contributed by atoms with van der Waals surface area (Å²) in [6.07, 6.45) is 6.46. The third kappa shape index (κ3) is 2.69. The largest absolute Gasteiger partial charge is 0.457 e. The summed E-state index contributed by atoms with van der Waals surface area (Å²) in [5.74, 6) is 0.0591. The third-order valence-electron chi connectivity index (χ3n) is 7.39. The molecule has 0 bridgehead atoms. The van der Waals surface area contributed by atoms with Gasteiger partial charge in [0.25, 0.3) is 0 Å². The first-order valence-corrected chi connectivity index (χ1v) is 10.4. The minimum absolute atomic E-state index is 0.0558. The van der Waals surface area contributed by atoms with Gasteiger partial charge in [-0.1, -0.05) is 37.3 Å². The number of hydrogen-bond donors (Lipinski definition) is 0. The molecule has 5 rings (SSSR count). The lowest BCUT2D eigenvalue weighted by molar-refractivity contribution is -0.144. The van der Waals surface area contributed by atoms with E-state index in [0.29, 0.717) is 0 Å². The van der Waals surface area contributed by atoms with E-state index in [1.807, 2.05) is 13.0 Å². The number of nitrogens with zero attached hydrogens (tertiary/aromatic N) is 1. The summed E-state index contributed by atoms with van der Waals surface area (Å²) in [7, 11) is 0. The van der Waals surface area contributed by atoms with Crippen LogP contribution in [-0.4, -0.2) is 35.8 Å². The van der Waals surface area contributed by atoms with E-state index < -0.39 is 0 Å². The fraction of sp³-hybridized carbons (Fsp3) is 0.500. The number of fused-ring (bicyclic) bond motifs is 4. The highest BCUT2D eigenvalue weighted by Crippen LogP contribution is 2.53. The molecule has 4 nitrogen and oxygen atoms in total. The first kappa shape index (κ1) is 17.9. The van der Waals surface area contributed by atoms with Crippen molar-refractivity contribution in [2.24, 2.45) is 17.3 Å². The Morgan fingerprint density at radius 1 is 1.21 bits per heavy atom. The zero-order chi connectivity index (χ0) is 19.5. The van der Waals surface area contributed by atoms with Gasteiger partial charge in [-0.25, -0.2) is 0 Å². The molecule has 1 aromatic rings. The van der Waals surface area contributed by atoms with Gasteiger partial charge in [0.15, 0.2) is 5.78 Å². The van der Waals surface area contributed by atoms with E-state index in [4.69, 9.17) is 4.74 Å². The monoisotopic (exact) mass is 377 g/mol. The van der Waals surface area contributed by atoms with E-state index in [1.54, 1.807) is 6.08 Å². The normalized spacial score (nSPS) is 34.7. The van der Waals surface area contributed by atoms with Gasteiger partial charge in [0.1, 0.15) is 6.10 Å². The van der Waals surface area contributed by atoms with Gasteiger partial charge >= 0.3 is 5.97 Å². The molecule has 2 aliphatic heterocycles. The molecule has 0 unspecified atom stereocenters. The molecule has 1 saturated carbocycles. The number of benzene rings is 1. The standard InChI is InChI=1S/C24H27NO3/c1-15-20(26)8-11-24(2)10-7-18-19(23(27)28-22(18)21(15)24)14-25-12-9-16-5-3-4-6-17(16)13-25/h3-6,8,11,18-19,22H,7,9-10,12-14H2,1-2H3/t18-,19+,22-,24+/m0/s1. The van der Waals surface area contributed by atoms with Crippen LogP contribution in [0.1, 0.15) is 37.8 Å². The number of ketones is 1. The van der Waals surface area contributed by atoms with Crippen LogP contribution in [-0.2, 0) is 27.3 Å². The van der Waals surface area contributed by atoms with Crippen LogP contribution in [0.3, 0.4) is 0 Å². The van der Waals surface area contributed by atoms with Crippen molar-refractivity contribution in [3.8, 4) is 0 Å². The molecular formula is C24H27NO3. The topological polar surface area (TPSA) is 46.6 Å². The number of esters is 1. The molecular weight excluding hydrogens is 350 g/mol. The van der Waals surface area contributed by atoms with Gasteiger partial charge in [-0.2, -0.15) is 0 Å². The van der Waals surface area contributed by atoms with Gasteiger partial charge in [0.05, 0.1) is 5.92 Å². The smallest absolute Gasteiger partial charge is 0.311 e. The average Bonchev–Trinajstić information content (AvgIpc) is 3.00. The Labute approximate surface area is 166 Å². The van der Waals surface area contributed by atoms with Crippen molar-refractivity contribution >= 4 is 11.8 Å². The number of carbonyl (C=O) groups is 2. The Hall–Kier alpha value is -2.20. The predicted octanol–water partition coefficient (Wildman–Crippen LogP) is 3.46. The number of hydrogen-bond acceptors (Lipinski definition) is 4. The quantitative estimate of drug-likeness (QED) is 0.741. The van der Waals surface area contributed by atoms with Crippen molar-refractivity contribution in [1.29, 1.82) is 0 Å². The maximum Gasteiger partial charge on any atom is 0.311 e. The first-order valence-electron chi connectivity index (χ1n) is 10.4. The maximum atomic E-state index is 12.9. The lowest BCUT2D eigenvalue weighted by Crippen LogP contribution is -2.42. The highest BCUT2D eigenvalue weighted by molar-refractivity contribution is 6.05. The lowest BCUT2D eigenvalue weighted by atomic mass is 9.61. The summed E-state index contributed by atoms with van der Waals surface area (Å²) in [4.78, 5) is 27.5. The summed E-state index contributed by atoms with van der Waals surface area (Å²) in [5, 5.41) is 0. The van der Waals surface area contributed by atoms with E-state index in [1.165, 1.54) is 11.1 Å². The number of carbonyl (C=O) groups excluding carboxylic acids is 2.